The van der Waals surface area contributed by atoms with Gasteiger partial charge in [-0.3, -0.25) is 53.1 Å². The maximum absolute atomic E-state index is 13.5. The van der Waals surface area contributed by atoms with Crippen LogP contribution in [0.2, 0.25) is 0 Å². The average molecular weight is 876 g/mol. The topological polar surface area (TPSA) is 531 Å². The number of amides is 8. The minimum absolute atomic E-state index is 0.0213. The van der Waals surface area contributed by atoms with Crippen molar-refractivity contribution in [2.75, 3.05) is 19.7 Å². The number of carbonyl (C=O) groups excluding carboxylic acids is 8. The highest BCUT2D eigenvalue weighted by molar-refractivity contribution is 5.99. The van der Waals surface area contributed by atoms with Crippen molar-refractivity contribution in [1.29, 1.82) is 0 Å². The van der Waals surface area contributed by atoms with E-state index in [0.29, 0.717) is 0 Å². The Morgan fingerprint density at radius 2 is 0.902 bits per heavy atom. The minimum Gasteiger partial charge on any atom is -0.481 e. The van der Waals surface area contributed by atoms with Gasteiger partial charge in [0.05, 0.1) is 25.6 Å². The van der Waals surface area contributed by atoms with Gasteiger partial charge >= 0.3 is 11.9 Å². The lowest BCUT2D eigenvalue weighted by Crippen LogP contribution is -2.61. The summed E-state index contributed by atoms with van der Waals surface area (Å²) in [5.74, 6) is -13.1. The SMILES string of the molecule is C[C@@H](O)[C@H](N)C(=O)N[C@@H](CCC(N)=O)C(=O)N[C@@H](CO)C(=O)N[C@@H](CC(=O)O)C(=O)N[C@@H](CC(N)=O)C(=O)N[C@@H](CCCN=C(N)N)C(=O)N[C@@H](CCCN=C(N)N)C(=O)O. The summed E-state index contributed by atoms with van der Waals surface area (Å²) < 4.78 is 0. The van der Waals surface area contributed by atoms with Crippen LogP contribution < -0.4 is 72.0 Å². The number of carboxylic acid groups (broad SMARTS) is 2. The van der Waals surface area contributed by atoms with Crippen molar-refractivity contribution in [3.8, 4) is 0 Å². The Kier molecular flexibility index (Phi) is 24.6. The monoisotopic (exact) mass is 875 g/mol. The molecule has 0 spiro atoms. The second-order valence-electron chi connectivity index (χ2n) is 13.3. The maximum atomic E-state index is 13.5. The largest absolute Gasteiger partial charge is 0.481 e. The fraction of sp³-hybridized carbons (Fsp3) is 0.625. The third-order valence-electron chi connectivity index (χ3n) is 8.14. The summed E-state index contributed by atoms with van der Waals surface area (Å²) in [5, 5.41) is 51.5. The van der Waals surface area contributed by atoms with E-state index in [1.165, 1.54) is 6.92 Å². The van der Waals surface area contributed by atoms with Crippen LogP contribution in [0.5, 0.6) is 0 Å². The number of aliphatic hydroxyl groups excluding tert-OH is 2. The van der Waals surface area contributed by atoms with E-state index in [0.717, 1.165) is 0 Å². The van der Waals surface area contributed by atoms with Gasteiger partial charge in [0.1, 0.15) is 42.3 Å². The number of carbonyl (C=O) groups is 10. The molecule has 0 unspecified atom stereocenters. The van der Waals surface area contributed by atoms with Gasteiger partial charge in [-0.2, -0.15) is 0 Å². The molecule has 0 rings (SSSR count). The third kappa shape index (κ3) is 22.7. The molecule has 344 valence electrons. The van der Waals surface area contributed by atoms with Gasteiger partial charge < -0.3 is 92.5 Å². The second kappa shape index (κ2) is 27.7. The lowest BCUT2D eigenvalue weighted by Gasteiger charge is -2.26. The highest BCUT2D eigenvalue weighted by atomic mass is 16.4. The minimum atomic E-state index is -2.08. The Morgan fingerprint density at radius 1 is 0.525 bits per heavy atom. The van der Waals surface area contributed by atoms with Crippen molar-refractivity contribution in [3.63, 3.8) is 0 Å². The second-order valence-corrected chi connectivity index (χ2v) is 13.3. The summed E-state index contributed by atoms with van der Waals surface area (Å²) >= 11 is 0. The Balaban J connectivity index is 6.34. The van der Waals surface area contributed by atoms with Crippen LogP contribution in [0.1, 0.15) is 58.3 Å². The Bertz CT molecular complexity index is 1640. The molecular weight excluding hydrogens is 818 g/mol. The molecule has 29 heteroatoms. The first-order valence-electron chi connectivity index (χ1n) is 18.4. The molecule has 0 radical (unpaired) electrons. The first-order chi connectivity index (χ1) is 28.4. The molecule has 0 aromatic carbocycles. The zero-order valence-corrected chi connectivity index (χ0v) is 33.2. The molecule has 0 heterocycles. The van der Waals surface area contributed by atoms with E-state index in [-0.39, 0.29) is 50.7 Å². The van der Waals surface area contributed by atoms with E-state index in [1.807, 2.05) is 5.32 Å². The summed E-state index contributed by atoms with van der Waals surface area (Å²) in [6.45, 7) is -0.0401. The van der Waals surface area contributed by atoms with Crippen LogP contribution in [-0.2, 0) is 47.9 Å². The Hall–Kier alpha value is -6.88. The predicted molar refractivity (Wildman–Crippen MR) is 210 cm³/mol. The van der Waals surface area contributed by atoms with Crippen LogP contribution in [0, 0.1) is 0 Å². The lowest BCUT2D eigenvalue weighted by atomic mass is 10.1. The molecule has 8 amide bonds. The number of carboxylic acids is 2. The fourth-order valence-electron chi connectivity index (χ4n) is 4.93. The quantitative estimate of drug-likeness (QED) is 0.0181. The molecular formula is C32H57N15O14. The number of nitrogens with one attached hydrogen (secondary N) is 6. The van der Waals surface area contributed by atoms with Gasteiger partial charge in [-0.05, 0) is 39.0 Å². The molecule has 0 saturated heterocycles. The van der Waals surface area contributed by atoms with Gasteiger partial charge in [-0.15, -0.1) is 0 Å². The number of nitrogens with two attached hydrogens (primary N) is 7. The molecule has 0 aromatic rings. The molecule has 0 fully saturated rings. The first-order valence-corrected chi connectivity index (χ1v) is 18.4. The molecule has 61 heavy (non-hydrogen) atoms. The van der Waals surface area contributed by atoms with Crippen LogP contribution in [0.3, 0.4) is 0 Å². The predicted octanol–water partition coefficient (Wildman–Crippen LogP) is -9.60. The van der Waals surface area contributed by atoms with Crippen molar-refractivity contribution >= 4 is 71.1 Å². The van der Waals surface area contributed by atoms with Crippen molar-refractivity contribution in [2.24, 2.45) is 50.1 Å². The smallest absolute Gasteiger partial charge is 0.326 e. The molecule has 29 nitrogen and oxygen atoms in total. The highest BCUT2D eigenvalue weighted by Crippen LogP contribution is 2.07. The van der Waals surface area contributed by atoms with Crippen molar-refractivity contribution in [1.82, 2.24) is 31.9 Å². The normalized spacial score (nSPS) is 14.6. The third-order valence-corrected chi connectivity index (χ3v) is 8.14. The molecule has 24 N–H and O–H groups in total. The maximum Gasteiger partial charge on any atom is 0.326 e. The Labute approximate surface area is 347 Å². The van der Waals surface area contributed by atoms with Gasteiger partial charge in [-0.25, -0.2) is 4.79 Å². The van der Waals surface area contributed by atoms with E-state index >= 15 is 0 Å². The number of hydrogen-bond donors (Lipinski definition) is 17. The van der Waals surface area contributed by atoms with Gasteiger partial charge in [0.25, 0.3) is 0 Å². The number of aliphatic carboxylic acids is 2. The van der Waals surface area contributed by atoms with Crippen molar-refractivity contribution in [2.45, 2.75) is 107 Å². The molecule has 0 aromatic heterocycles. The molecule has 0 aliphatic heterocycles. The highest BCUT2D eigenvalue weighted by Gasteiger charge is 2.35. The van der Waals surface area contributed by atoms with Gasteiger partial charge in [0.15, 0.2) is 11.9 Å². The summed E-state index contributed by atoms with van der Waals surface area (Å²) in [7, 11) is 0. The first kappa shape index (κ1) is 54.1. The number of primary amides is 2. The number of hydrogen-bond acceptors (Lipinski definition) is 15. The number of aliphatic hydroxyl groups is 2. The molecule has 0 bridgehead atoms. The number of guanidine groups is 2. The molecule has 8 atom stereocenters. The van der Waals surface area contributed by atoms with Crippen LogP contribution in [-0.4, -0.2) is 160 Å². The number of aliphatic imine (C=N–C) groups is 2. The zero-order valence-electron chi connectivity index (χ0n) is 33.2. The van der Waals surface area contributed by atoms with Crippen LogP contribution in [0.4, 0.5) is 0 Å². The van der Waals surface area contributed by atoms with E-state index in [2.05, 4.69) is 36.6 Å². The lowest BCUT2D eigenvalue weighted by molar-refractivity contribution is -0.142. The number of rotatable bonds is 30. The summed E-state index contributed by atoms with van der Waals surface area (Å²) in [5.41, 5.74) is 37.2. The van der Waals surface area contributed by atoms with Crippen LogP contribution >= 0.6 is 0 Å². The van der Waals surface area contributed by atoms with E-state index in [4.69, 9.17) is 40.1 Å². The molecule has 0 saturated carbocycles. The van der Waals surface area contributed by atoms with E-state index in [1.54, 1.807) is 0 Å². The van der Waals surface area contributed by atoms with Crippen molar-refractivity contribution < 1.29 is 68.4 Å². The number of nitrogens with zero attached hydrogens (tertiary/aromatic N) is 2. The summed E-state index contributed by atoms with van der Waals surface area (Å²) in [6, 6.07) is -12.2. The molecule has 0 aliphatic rings. The molecule has 0 aliphatic carbocycles. The summed E-state index contributed by atoms with van der Waals surface area (Å²) in [4.78, 5) is 133. The van der Waals surface area contributed by atoms with Gasteiger partial charge in [0, 0.05) is 19.5 Å². The van der Waals surface area contributed by atoms with Gasteiger partial charge in [0.2, 0.25) is 47.3 Å². The average Bonchev–Trinajstić information content (AvgIpc) is 3.15. The van der Waals surface area contributed by atoms with Crippen LogP contribution in [0.25, 0.3) is 0 Å². The van der Waals surface area contributed by atoms with E-state index < -0.39 is 140 Å². The standard InChI is InChI=1S/C32H57N15O14/c1-13(49)23(35)29(59)43-15(6-7-20(33)50)25(55)47-19(12-48)28(58)46-18(11-22(52)53)27(57)45-17(10-21(34)51)26(56)42-14(4-2-8-40-31(36)37)24(54)44-16(30(60)61)5-3-9-41-32(38)39/h13-19,23,48-49H,2-12,35H2,1H3,(H2,33,50)(H2,34,51)(H,42,56)(H,43,59)(H,44,54)(H,45,57)(H,46,58)(H,47,55)(H,52,53)(H,60,61)(H4,36,37,40)(H4,38,39,41)/t13-,14+,15+,16+,17+,18+,19+,23+/m1/s1. The van der Waals surface area contributed by atoms with Crippen molar-refractivity contribution in [3.05, 3.63) is 0 Å². The van der Waals surface area contributed by atoms with Crippen LogP contribution in [0.15, 0.2) is 9.98 Å². The van der Waals surface area contributed by atoms with Gasteiger partial charge in [-0.1, -0.05) is 0 Å². The van der Waals surface area contributed by atoms with E-state index in [9.17, 15) is 68.4 Å². The zero-order chi connectivity index (χ0) is 47.0. The summed E-state index contributed by atoms with van der Waals surface area (Å²) in [6.07, 6.45) is -4.68. The fourth-order valence-corrected chi connectivity index (χ4v) is 4.93. The Morgan fingerprint density at radius 3 is 1.31 bits per heavy atom.